The van der Waals surface area contributed by atoms with E-state index in [-0.39, 0.29) is 12.4 Å². The summed E-state index contributed by atoms with van der Waals surface area (Å²) in [6, 6.07) is 8.94. The summed E-state index contributed by atoms with van der Waals surface area (Å²) in [5.41, 5.74) is 1.33. The van der Waals surface area contributed by atoms with E-state index in [9.17, 15) is 0 Å². The predicted octanol–water partition coefficient (Wildman–Crippen LogP) is 3.25. The van der Waals surface area contributed by atoms with Gasteiger partial charge in [-0.05, 0) is 24.8 Å². The third-order valence-corrected chi connectivity index (χ3v) is 4.82. The molecule has 3 nitrogen and oxygen atoms in total. The summed E-state index contributed by atoms with van der Waals surface area (Å²) >= 11 is 0. The number of hydrogen-bond donors (Lipinski definition) is 1. The number of benzene rings is 1. The molecule has 0 aromatic heterocycles. The Balaban J connectivity index is 0.00000161. The van der Waals surface area contributed by atoms with Gasteiger partial charge in [0.15, 0.2) is 0 Å². The van der Waals surface area contributed by atoms with Crippen molar-refractivity contribution in [3.63, 3.8) is 0 Å². The molecule has 2 aliphatic rings. The fraction of sp³-hybridized carbons (Fsp3) is 0.647. The Morgan fingerprint density at radius 2 is 2.00 bits per heavy atom. The zero-order valence-corrected chi connectivity index (χ0v) is 13.7. The highest BCUT2D eigenvalue weighted by Crippen LogP contribution is 2.33. The molecule has 1 aliphatic heterocycles. The number of methoxy groups -OCH3 is 1. The summed E-state index contributed by atoms with van der Waals surface area (Å²) in [5, 5.41) is 3.54. The average molecular weight is 311 g/mol. The first-order chi connectivity index (χ1) is 9.88. The molecule has 2 fully saturated rings. The first-order valence-corrected chi connectivity index (χ1v) is 7.96. The fourth-order valence-corrected chi connectivity index (χ4v) is 3.74. The van der Waals surface area contributed by atoms with Crippen LogP contribution in [0, 0.1) is 5.92 Å². The predicted molar refractivity (Wildman–Crippen MR) is 89.4 cm³/mol. The molecule has 118 valence electrons. The van der Waals surface area contributed by atoms with Gasteiger partial charge in [0.1, 0.15) is 5.75 Å². The summed E-state index contributed by atoms with van der Waals surface area (Å²) in [7, 11) is 1.77. The van der Waals surface area contributed by atoms with Gasteiger partial charge in [-0.1, -0.05) is 31.0 Å². The van der Waals surface area contributed by atoms with Crippen LogP contribution in [0.1, 0.15) is 37.3 Å². The third kappa shape index (κ3) is 3.91. The number of para-hydroxylation sites is 1. The second kappa shape index (κ2) is 8.02. The van der Waals surface area contributed by atoms with Crippen LogP contribution in [0.4, 0.5) is 0 Å². The summed E-state index contributed by atoms with van der Waals surface area (Å²) in [6.07, 6.45) is 5.69. The van der Waals surface area contributed by atoms with Gasteiger partial charge in [0, 0.05) is 31.7 Å². The second-order valence-corrected chi connectivity index (χ2v) is 6.11. The van der Waals surface area contributed by atoms with Crippen molar-refractivity contribution >= 4 is 12.4 Å². The molecule has 0 amide bonds. The largest absolute Gasteiger partial charge is 0.496 e. The van der Waals surface area contributed by atoms with Crippen molar-refractivity contribution in [1.29, 1.82) is 0 Å². The van der Waals surface area contributed by atoms with E-state index in [4.69, 9.17) is 4.74 Å². The molecular weight excluding hydrogens is 284 g/mol. The zero-order chi connectivity index (χ0) is 13.8. The number of piperazine rings is 1. The third-order valence-electron chi connectivity index (χ3n) is 4.82. The van der Waals surface area contributed by atoms with Gasteiger partial charge in [-0.3, -0.25) is 4.90 Å². The van der Waals surface area contributed by atoms with Crippen LogP contribution in [0.5, 0.6) is 5.75 Å². The minimum absolute atomic E-state index is 0. The molecule has 1 unspecified atom stereocenters. The van der Waals surface area contributed by atoms with Crippen molar-refractivity contribution in [3.05, 3.63) is 29.8 Å². The molecule has 1 aromatic carbocycles. The molecule has 3 rings (SSSR count). The van der Waals surface area contributed by atoms with E-state index in [1.807, 2.05) is 0 Å². The van der Waals surface area contributed by atoms with Gasteiger partial charge in [-0.25, -0.2) is 0 Å². The second-order valence-electron chi connectivity index (χ2n) is 6.11. The Hall–Kier alpha value is -0.770. The molecule has 1 aromatic rings. The molecule has 1 saturated carbocycles. The van der Waals surface area contributed by atoms with Gasteiger partial charge in [0.05, 0.1) is 13.2 Å². The van der Waals surface area contributed by atoms with Crippen LogP contribution in [-0.2, 0) is 0 Å². The van der Waals surface area contributed by atoms with Crippen molar-refractivity contribution in [3.8, 4) is 5.75 Å². The Bertz CT molecular complexity index is 435. The number of nitrogens with zero attached hydrogens (tertiary/aromatic N) is 1. The van der Waals surface area contributed by atoms with E-state index in [1.54, 1.807) is 7.11 Å². The normalized spacial score (nSPS) is 23.8. The van der Waals surface area contributed by atoms with Crippen molar-refractivity contribution in [2.75, 3.05) is 33.3 Å². The number of nitrogens with one attached hydrogen (secondary N) is 1. The number of rotatable bonds is 4. The first-order valence-electron chi connectivity index (χ1n) is 7.96. The lowest BCUT2D eigenvalue weighted by atomic mass is 9.99. The molecule has 0 bridgehead atoms. The van der Waals surface area contributed by atoms with Crippen LogP contribution in [0.2, 0.25) is 0 Å². The first kappa shape index (κ1) is 16.6. The Morgan fingerprint density at radius 1 is 1.24 bits per heavy atom. The maximum absolute atomic E-state index is 5.56. The fourth-order valence-electron chi connectivity index (χ4n) is 3.74. The highest BCUT2D eigenvalue weighted by Gasteiger charge is 2.28. The molecule has 1 N–H and O–H groups in total. The van der Waals surface area contributed by atoms with Gasteiger partial charge in [0.25, 0.3) is 0 Å². The van der Waals surface area contributed by atoms with Crippen molar-refractivity contribution in [2.24, 2.45) is 5.92 Å². The van der Waals surface area contributed by atoms with Crippen molar-refractivity contribution in [1.82, 2.24) is 10.2 Å². The highest BCUT2D eigenvalue weighted by molar-refractivity contribution is 5.85. The van der Waals surface area contributed by atoms with Crippen molar-refractivity contribution < 1.29 is 4.74 Å². The lowest BCUT2D eigenvalue weighted by Gasteiger charge is -2.38. The molecule has 1 atom stereocenters. The summed E-state index contributed by atoms with van der Waals surface area (Å²) in [6.45, 7) is 4.55. The SMILES string of the molecule is COc1ccccc1C1CNCCN1CC1CCCC1.Cl. The van der Waals surface area contributed by atoms with Crippen LogP contribution in [0.3, 0.4) is 0 Å². The van der Waals surface area contributed by atoms with Gasteiger partial charge in [-0.2, -0.15) is 0 Å². The van der Waals surface area contributed by atoms with Gasteiger partial charge < -0.3 is 10.1 Å². The van der Waals surface area contributed by atoms with Crippen molar-refractivity contribution in [2.45, 2.75) is 31.7 Å². The van der Waals surface area contributed by atoms with Gasteiger partial charge in [0.2, 0.25) is 0 Å². The highest BCUT2D eigenvalue weighted by atomic mass is 35.5. The Morgan fingerprint density at radius 3 is 2.76 bits per heavy atom. The average Bonchev–Trinajstić information content (AvgIpc) is 3.01. The minimum atomic E-state index is 0. The van der Waals surface area contributed by atoms with Crippen LogP contribution in [-0.4, -0.2) is 38.2 Å². The van der Waals surface area contributed by atoms with Crippen LogP contribution in [0.15, 0.2) is 24.3 Å². The number of halogens is 1. The Kier molecular flexibility index (Phi) is 6.34. The summed E-state index contributed by atoms with van der Waals surface area (Å²) in [5.74, 6) is 1.93. The monoisotopic (exact) mass is 310 g/mol. The number of hydrogen-bond acceptors (Lipinski definition) is 3. The van der Waals surface area contributed by atoms with Crippen LogP contribution < -0.4 is 10.1 Å². The molecule has 0 radical (unpaired) electrons. The minimum Gasteiger partial charge on any atom is -0.496 e. The van der Waals surface area contributed by atoms with E-state index in [1.165, 1.54) is 37.8 Å². The lowest BCUT2D eigenvalue weighted by Crippen LogP contribution is -2.47. The van der Waals surface area contributed by atoms with Gasteiger partial charge >= 0.3 is 0 Å². The quantitative estimate of drug-likeness (QED) is 0.924. The van der Waals surface area contributed by atoms with Crippen LogP contribution >= 0.6 is 12.4 Å². The zero-order valence-electron chi connectivity index (χ0n) is 12.9. The molecule has 1 heterocycles. The molecule has 1 saturated heterocycles. The Labute approximate surface area is 134 Å². The summed E-state index contributed by atoms with van der Waals surface area (Å²) < 4.78 is 5.56. The van der Waals surface area contributed by atoms with E-state index >= 15 is 0 Å². The van der Waals surface area contributed by atoms with E-state index in [0.29, 0.717) is 6.04 Å². The molecule has 21 heavy (non-hydrogen) atoms. The molecular formula is C17H27ClN2O. The topological polar surface area (TPSA) is 24.5 Å². The summed E-state index contributed by atoms with van der Waals surface area (Å²) in [4.78, 5) is 2.67. The van der Waals surface area contributed by atoms with Gasteiger partial charge in [-0.15, -0.1) is 12.4 Å². The standard InChI is InChI=1S/C17H26N2O.ClH/c1-20-17-9-5-4-8-15(17)16-12-18-10-11-19(16)13-14-6-2-3-7-14;/h4-5,8-9,14,16,18H,2-3,6-7,10-13H2,1H3;1H. The maximum atomic E-state index is 5.56. The lowest BCUT2D eigenvalue weighted by molar-refractivity contribution is 0.135. The smallest absolute Gasteiger partial charge is 0.123 e. The molecule has 0 spiro atoms. The number of ether oxygens (including phenoxy) is 1. The van der Waals surface area contributed by atoms with E-state index in [2.05, 4.69) is 34.5 Å². The molecule has 4 heteroatoms. The maximum Gasteiger partial charge on any atom is 0.123 e. The molecule has 1 aliphatic carbocycles. The van der Waals surface area contributed by atoms with E-state index < -0.39 is 0 Å². The van der Waals surface area contributed by atoms with E-state index in [0.717, 1.165) is 31.3 Å². The van der Waals surface area contributed by atoms with Crippen LogP contribution in [0.25, 0.3) is 0 Å².